The van der Waals surface area contributed by atoms with Gasteiger partial charge in [0.1, 0.15) is 21.9 Å². The van der Waals surface area contributed by atoms with Crippen LogP contribution in [-0.4, -0.2) is 34.3 Å². The fourth-order valence-electron chi connectivity index (χ4n) is 3.82. The van der Waals surface area contributed by atoms with Crippen LogP contribution >= 0.6 is 23.4 Å². The van der Waals surface area contributed by atoms with E-state index in [1.165, 1.54) is 31.0 Å². The summed E-state index contributed by atoms with van der Waals surface area (Å²) in [5.41, 5.74) is -0.432. The number of nitrogens with one attached hydrogen (secondary N) is 1. The summed E-state index contributed by atoms with van der Waals surface area (Å²) in [7, 11) is 0. The highest BCUT2D eigenvalue weighted by Gasteiger charge is 2.34. The highest BCUT2D eigenvalue weighted by Crippen LogP contribution is 2.39. The molecule has 2 fully saturated rings. The van der Waals surface area contributed by atoms with Crippen molar-refractivity contribution in [3.63, 3.8) is 0 Å². The molecule has 0 amide bonds. The van der Waals surface area contributed by atoms with E-state index in [1.54, 1.807) is 0 Å². The van der Waals surface area contributed by atoms with Crippen LogP contribution in [0.3, 0.4) is 0 Å². The van der Waals surface area contributed by atoms with Crippen molar-refractivity contribution in [3.05, 3.63) is 21.3 Å². The number of fused-ring (bicyclic) bond motifs is 3. The largest absolute Gasteiger partial charge is 0.355 e. The summed E-state index contributed by atoms with van der Waals surface area (Å²) < 4.78 is 14.4. The molecule has 5 nitrogen and oxygen atoms in total. The topological polar surface area (TPSA) is 61.9 Å². The van der Waals surface area contributed by atoms with Gasteiger partial charge in [0.05, 0.1) is 0 Å². The van der Waals surface area contributed by atoms with Crippen molar-refractivity contribution in [1.29, 1.82) is 0 Å². The van der Waals surface area contributed by atoms with Crippen molar-refractivity contribution in [2.24, 2.45) is 11.8 Å². The molecule has 0 aromatic carbocycles. The Morgan fingerprint density at radius 1 is 1.30 bits per heavy atom. The van der Waals surface area contributed by atoms with E-state index >= 15 is 0 Å². The summed E-state index contributed by atoms with van der Waals surface area (Å²) in [6.07, 6.45) is 5.51. The number of aromatic nitrogens is 3. The van der Waals surface area contributed by atoms with E-state index in [-0.39, 0.29) is 16.1 Å². The van der Waals surface area contributed by atoms with Crippen LogP contribution in [0.1, 0.15) is 19.3 Å². The maximum atomic E-state index is 14.4. The second-order valence-corrected chi connectivity index (χ2v) is 7.44. The van der Waals surface area contributed by atoms with Gasteiger partial charge in [-0.25, -0.2) is 14.4 Å². The van der Waals surface area contributed by atoms with Gasteiger partial charge >= 0.3 is 0 Å². The quantitative estimate of drug-likeness (QED) is 0.510. The molecule has 0 radical (unpaired) electrons. The Morgan fingerprint density at radius 2 is 2.00 bits per heavy atom. The van der Waals surface area contributed by atoms with Gasteiger partial charge < -0.3 is 9.88 Å². The van der Waals surface area contributed by atoms with E-state index in [9.17, 15) is 9.18 Å². The summed E-state index contributed by atoms with van der Waals surface area (Å²) in [5, 5.41) is 0.343. The molecular formula is C15H16ClFN4OS. The zero-order valence-corrected chi connectivity index (χ0v) is 14.2. The molecule has 2 aromatic heterocycles. The third kappa shape index (κ3) is 2.50. The maximum Gasteiger partial charge on any atom is 0.262 e. The van der Waals surface area contributed by atoms with Gasteiger partial charge in [-0.05, 0) is 37.4 Å². The van der Waals surface area contributed by atoms with Crippen molar-refractivity contribution in [2.45, 2.75) is 24.4 Å². The van der Waals surface area contributed by atoms with Crippen LogP contribution in [0.4, 0.5) is 10.2 Å². The van der Waals surface area contributed by atoms with Crippen LogP contribution in [0.15, 0.2) is 9.95 Å². The number of H-pyrrole nitrogens is 1. The number of rotatable bonds is 2. The SMILES string of the molecule is CSc1nc(N2CC3CCC(C3)C2)c2c(=O)[nH]c(Cl)c(F)c2n1. The van der Waals surface area contributed by atoms with E-state index < -0.39 is 11.4 Å². The molecule has 0 spiro atoms. The van der Waals surface area contributed by atoms with E-state index in [0.29, 0.717) is 22.8 Å². The number of thioether (sulfide) groups is 1. The Hall–Kier alpha value is -1.34. The first-order valence-electron chi connectivity index (χ1n) is 7.64. The Bertz CT molecular complexity index is 830. The van der Waals surface area contributed by atoms with Gasteiger partial charge in [-0.15, -0.1) is 0 Å². The lowest BCUT2D eigenvalue weighted by molar-refractivity contribution is 0.419. The average molecular weight is 355 g/mol. The molecule has 1 saturated heterocycles. The molecule has 1 N–H and O–H groups in total. The molecule has 1 saturated carbocycles. The first-order valence-corrected chi connectivity index (χ1v) is 9.25. The number of hydrogen-bond donors (Lipinski definition) is 1. The highest BCUT2D eigenvalue weighted by molar-refractivity contribution is 7.98. The van der Waals surface area contributed by atoms with Crippen LogP contribution in [0.5, 0.6) is 0 Å². The molecule has 3 heterocycles. The number of pyridine rings is 1. The molecule has 23 heavy (non-hydrogen) atoms. The smallest absolute Gasteiger partial charge is 0.262 e. The minimum atomic E-state index is -0.694. The van der Waals surface area contributed by atoms with E-state index in [1.807, 2.05) is 6.26 Å². The van der Waals surface area contributed by atoms with Crippen molar-refractivity contribution >= 4 is 40.1 Å². The monoisotopic (exact) mass is 354 g/mol. The summed E-state index contributed by atoms with van der Waals surface area (Å²) in [6.45, 7) is 1.72. The first kappa shape index (κ1) is 15.2. The molecule has 2 aliphatic rings. The molecule has 2 unspecified atom stereocenters. The van der Waals surface area contributed by atoms with Crippen LogP contribution in [0, 0.1) is 17.7 Å². The summed E-state index contributed by atoms with van der Waals surface area (Å²) in [4.78, 5) is 25.5. The zero-order valence-electron chi connectivity index (χ0n) is 12.6. The molecule has 2 atom stereocenters. The molecule has 1 aliphatic carbocycles. The van der Waals surface area contributed by atoms with Gasteiger partial charge in [-0.1, -0.05) is 23.4 Å². The van der Waals surface area contributed by atoms with Gasteiger partial charge in [-0.2, -0.15) is 0 Å². The minimum Gasteiger partial charge on any atom is -0.355 e. The lowest BCUT2D eigenvalue weighted by Gasteiger charge is -2.33. The Balaban J connectivity index is 1.94. The second-order valence-electron chi connectivity index (χ2n) is 6.29. The molecule has 1 aliphatic heterocycles. The number of halogens is 2. The number of aromatic amines is 1. The van der Waals surface area contributed by atoms with E-state index in [0.717, 1.165) is 13.1 Å². The summed E-state index contributed by atoms with van der Waals surface area (Å²) in [5.74, 6) is 1.11. The van der Waals surface area contributed by atoms with E-state index in [4.69, 9.17) is 11.6 Å². The predicted octanol–water partition coefficient (Wildman–Crippen LogP) is 3.07. The average Bonchev–Trinajstić information content (AvgIpc) is 2.89. The van der Waals surface area contributed by atoms with Crippen LogP contribution in [-0.2, 0) is 0 Å². The van der Waals surface area contributed by atoms with Crippen molar-refractivity contribution in [2.75, 3.05) is 24.2 Å². The van der Waals surface area contributed by atoms with Gasteiger partial charge in [-0.3, -0.25) is 4.79 Å². The normalized spacial score (nSPS) is 23.7. The maximum absolute atomic E-state index is 14.4. The second kappa shape index (κ2) is 5.63. The zero-order chi connectivity index (χ0) is 16.1. The van der Waals surface area contributed by atoms with Crippen LogP contribution < -0.4 is 10.5 Å². The molecular weight excluding hydrogens is 339 g/mol. The van der Waals surface area contributed by atoms with Crippen molar-refractivity contribution in [1.82, 2.24) is 15.0 Å². The molecule has 2 aromatic rings. The fraction of sp³-hybridized carbons (Fsp3) is 0.533. The number of nitrogens with zero attached hydrogens (tertiary/aromatic N) is 3. The van der Waals surface area contributed by atoms with Gasteiger partial charge in [0, 0.05) is 13.1 Å². The number of hydrogen-bond acceptors (Lipinski definition) is 5. The molecule has 122 valence electrons. The van der Waals surface area contributed by atoms with Crippen molar-refractivity contribution < 1.29 is 4.39 Å². The van der Waals surface area contributed by atoms with Gasteiger partial charge in [0.25, 0.3) is 5.56 Å². The van der Waals surface area contributed by atoms with Gasteiger partial charge in [0.2, 0.25) is 0 Å². The summed E-state index contributed by atoms with van der Waals surface area (Å²) in [6, 6.07) is 0. The number of piperidine rings is 1. The Kier molecular flexibility index (Phi) is 3.72. The van der Waals surface area contributed by atoms with Gasteiger partial charge in [0.15, 0.2) is 11.0 Å². The van der Waals surface area contributed by atoms with E-state index in [2.05, 4.69) is 19.9 Å². The third-order valence-electron chi connectivity index (χ3n) is 4.81. The lowest BCUT2D eigenvalue weighted by atomic mass is 9.98. The lowest BCUT2D eigenvalue weighted by Crippen LogP contribution is -2.37. The standard InChI is InChI=1S/C15H16ClFN4OS/c1-23-15-18-11-9(14(22)19-12(16)10(11)17)13(20-15)21-5-7-2-3-8(4-7)6-21/h7-8H,2-6H2,1H3,(H,19,22). The van der Waals surface area contributed by atoms with Crippen molar-refractivity contribution in [3.8, 4) is 0 Å². The Morgan fingerprint density at radius 3 is 2.65 bits per heavy atom. The van der Waals surface area contributed by atoms with Crippen LogP contribution in [0.2, 0.25) is 5.15 Å². The fourth-order valence-corrected chi connectivity index (χ4v) is 4.35. The highest BCUT2D eigenvalue weighted by atomic mass is 35.5. The molecule has 8 heteroatoms. The number of anilines is 1. The minimum absolute atomic E-state index is 0.00557. The molecule has 4 rings (SSSR count). The van der Waals surface area contributed by atoms with Crippen LogP contribution in [0.25, 0.3) is 10.9 Å². The third-order valence-corrected chi connectivity index (χ3v) is 5.62. The summed E-state index contributed by atoms with van der Waals surface area (Å²) >= 11 is 7.10. The Labute approximate surface area is 141 Å². The predicted molar refractivity (Wildman–Crippen MR) is 90.0 cm³/mol. The first-order chi connectivity index (χ1) is 11.1. The molecule has 2 bridgehead atoms.